The molecule has 5 nitrogen and oxygen atoms in total. The molecule has 4 rings (SSSR count). The number of hydrogen-bond donors (Lipinski definition) is 1. The summed E-state index contributed by atoms with van der Waals surface area (Å²) in [7, 11) is 1.38. The number of pyridine rings is 1. The Morgan fingerprint density at radius 3 is 2.42 bits per heavy atom. The van der Waals surface area contributed by atoms with Gasteiger partial charge in [-0.15, -0.1) is 0 Å². The first-order chi connectivity index (χ1) is 14.8. The molecule has 2 heterocycles. The minimum absolute atomic E-state index is 0.0278. The predicted molar refractivity (Wildman–Crippen MR) is 109 cm³/mol. The van der Waals surface area contributed by atoms with E-state index >= 15 is 0 Å². The monoisotopic (exact) mass is 434 g/mol. The van der Waals surface area contributed by atoms with Gasteiger partial charge in [-0.1, -0.05) is 18.2 Å². The Labute approximate surface area is 176 Å². The highest BCUT2D eigenvalue weighted by atomic mass is 19.3. The maximum atomic E-state index is 14.8. The number of nitrogens with one attached hydrogen (secondary N) is 1. The van der Waals surface area contributed by atoms with Crippen LogP contribution in [0.1, 0.15) is 55.6 Å². The minimum Gasteiger partial charge on any atom is -0.481 e. The third-order valence-corrected chi connectivity index (χ3v) is 5.83. The van der Waals surface area contributed by atoms with Crippen LogP contribution in [0.5, 0.6) is 5.88 Å². The van der Waals surface area contributed by atoms with Gasteiger partial charge >= 0.3 is 0 Å². The zero-order chi connectivity index (χ0) is 22.3. The summed E-state index contributed by atoms with van der Waals surface area (Å²) in [4.78, 5) is 12.6. The van der Waals surface area contributed by atoms with Crippen LogP contribution in [-0.4, -0.2) is 28.5 Å². The van der Waals surface area contributed by atoms with Crippen LogP contribution in [0.25, 0.3) is 11.0 Å². The predicted octanol–water partition coefficient (Wildman–Crippen LogP) is 5.67. The minimum atomic E-state index is -2.56. The zero-order valence-electron chi connectivity index (χ0n) is 17.3. The molecule has 1 aromatic carbocycles. The number of benzene rings is 1. The van der Waals surface area contributed by atoms with Crippen LogP contribution in [0.2, 0.25) is 0 Å². The summed E-state index contributed by atoms with van der Waals surface area (Å²) < 4.78 is 61.3. The van der Waals surface area contributed by atoms with Crippen molar-refractivity contribution in [2.45, 2.75) is 50.7 Å². The number of alkyl halides is 3. The van der Waals surface area contributed by atoms with Gasteiger partial charge in [0.05, 0.1) is 24.0 Å². The Kier molecular flexibility index (Phi) is 5.45. The quantitative estimate of drug-likeness (QED) is 0.486. The summed E-state index contributed by atoms with van der Waals surface area (Å²) in [5.74, 6) is -0.207. The van der Waals surface area contributed by atoms with E-state index in [1.165, 1.54) is 26.4 Å². The average molecular weight is 434 g/mol. The molecule has 0 saturated heterocycles. The van der Waals surface area contributed by atoms with Crippen molar-refractivity contribution in [3.63, 3.8) is 0 Å². The number of aromatic nitrogens is 3. The average Bonchev–Trinajstić information content (AvgIpc) is 3.55. The van der Waals surface area contributed by atoms with Gasteiger partial charge in [-0.2, -0.15) is 4.98 Å². The lowest BCUT2D eigenvalue weighted by Crippen LogP contribution is -2.19. The molecule has 0 amide bonds. The van der Waals surface area contributed by atoms with Gasteiger partial charge in [0.25, 0.3) is 0 Å². The number of halogens is 4. The van der Waals surface area contributed by atoms with E-state index in [4.69, 9.17) is 4.74 Å². The molecule has 1 N–H and O–H groups in total. The Morgan fingerprint density at radius 1 is 1.10 bits per heavy atom. The smallest absolute Gasteiger partial charge is 0.248 e. The number of ether oxygens (including phenoxy) is 1. The number of fused-ring (bicyclic) bond motifs is 1. The van der Waals surface area contributed by atoms with E-state index in [-0.39, 0.29) is 22.7 Å². The van der Waals surface area contributed by atoms with Gasteiger partial charge in [0.2, 0.25) is 12.3 Å². The van der Waals surface area contributed by atoms with E-state index in [1.54, 1.807) is 25.1 Å². The van der Waals surface area contributed by atoms with Crippen molar-refractivity contribution in [3.05, 3.63) is 53.1 Å². The maximum absolute atomic E-state index is 14.8. The van der Waals surface area contributed by atoms with E-state index in [9.17, 15) is 17.6 Å². The molecule has 9 heteroatoms. The summed E-state index contributed by atoms with van der Waals surface area (Å²) in [6, 6.07) is 5.55. The highest BCUT2D eigenvalue weighted by molar-refractivity contribution is 5.88. The fourth-order valence-corrected chi connectivity index (χ4v) is 3.83. The van der Waals surface area contributed by atoms with Crippen molar-refractivity contribution >= 4 is 16.9 Å². The molecule has 1 aliphatic carbocycles. The van der Waals surface area contributed by atoms with Gasteiger partial charge in [-0.05, 0) is 32.8 Å². The molecule has 0 spiro atoms. The van der Waals surface area contributed by atoms with Gasteiger partial charge in [0.1, 0.15) is 24.1 Å². The first-order valence-corrected chi connectivity index (χ1v) is 9.95. The van der Waals surface area contributed by atoms with Crippen molar-refractivity contribution in [1.29, 1.82) is 0 Å². The van der Waals surface area contributed by atoms with Crippen LogP contribution >= 0.6 is 0 Å². The van der Waals surface area contributed by atoms with E-state index in [0.29, 0.717) is 29.6 Å². The molecule has 2 atom stereocenters. The standard InChI is InChI=1S/C22H22F4N4O/c1-11(23)13-5-4-6-14(17(13)24)12(2)29-18-15-9-16(22(7-8-22)21(25)26)20(31-3)30-19(15)28-10-27-18/h4-6,9-12,21H,7-8H2,1-3H3,(H,27,28,29,30)/t11?,12-/m1/s1. The molecule has 31 heavy (non-hydrogen) atoms. The summed E-state index contributed by atoms with van der Waals surface area (Å²) in [5, 5.41) is 3.52. The maximum Gasteiger partial charge on any atom is 0.248 e. The molecular weight excluding hydrogens is 412 g/mol. The van der Waals surface area contributed by atoms with Crippen molar-refractivity contribution in [2.24, 2.45) is 0 Å². The van der Waals surface area contributed by atoms with Crippen LogP contribution < -0.4 is 10.1 Å². The number of anilines is 1. The van der Waals surface area contributed by atoms with Crippen LogP contribution in [0, 0.1) is 5.82 Å². The molecule has 1 unspecified atom stereocenters. The second-order valence-corrected chi connectivity index (χ2v) is 7.83. The summed E-state index contributed by atoms with van der Waals surface area (Å²) >= 11 is 0. The fourth-order valence-electron chi connectivity index (χ4n) is 3.83. The molecule has 0 aliphatic heterocycles. The van der Waals surface area contributed by atoms with Gasteiger partial charge in [0.15, 0.2) is 5.65 Å². The largest absolute Gasteiger partial charge is 0.481 e. The highest BCUT2D eigenvalue weighted by Gasteiger charge is 2.54. The van der Waals surface area contributed by atoms with E-state index in [1.807, 2.05) is 0 Å². The molecule has 164 valence electrons. The Morgan fingerprint density at radius 2 is 1.81 bits per heavy atom. The third kappa shape index (κ3) is 3.66. The van der Waals surface area contributed by atoms with Gasteiger partial charge in [-0.3, -0.25) is 0 Å². The lowest BCUT2D eigenvalue weighted by Gasteiger charge is -2.20. The second kappa shape index (κ2) is 7.94. The van der Waals surface area contributed by atoms with Gasteiger partial charge in [-0.25, -0.2) is 27.5 Å². The molecular formula is C22H22F4N4O. The Hall–Kier alpha value is -2.97. The third-order valence-electron chi connectivity index (χ3n) is 5.83. The topological polar surface area (TPSA) is 59.9 Å². The highest BCUT2D eigenvalue weighted by Crippen LogP contribution is 2.55. The lowest BCUT2D eigenvalue weighted by molar-refractivity contribution is 0.100. The van der Waals surface area contributed by atoms with Crippen molar-refractivity contribution in [2.75, 3.05) is 12.4 Å². The van der Waals surface area contributed by atoms with Crippen LogP contribution in [0.4, 0.5) is 23.4 Å². The molecule has 0 radical (unpaired) electrons. The number of nitrogens with zero attached hydrogens (tertiary/aromatic N) is 3. The first-order valence-electron chi connectivity index (χ1n) is 9.95. The van der Waals surface area contributed by atoms with Gasteiger partial charge < -0.3 is 10.1 Å². The van der Waals surface area contributed by atoms with Crippen LogP contribution in [0.15, 0.2) is 30.6 Å². The van der Waals surface area contributed by atoms with E-state index < -0.39 is 29.9 Å². The Bertz CT molecular complexity index is 1120. The number of hydrogen-bond acceptors (Lipinski definition) is 5. The number of rotatable bonds is 7. The number of methoxy groups -OCH3 is 1. The van der Waals surface area contributed by atoms with Crippen molar-refractivity contribution < 1.29 is 22.3 Å². The summed E-state index contributed by atoms with van der Waals surface area (Å²) in [6.07, 6.45) is -2.06. The van der Waals surface area contributed by atoms with Crippen molar-refractivity contribution in [1.82, 2.24) is 15.0 Å². The SMILES string of the molecule is COc1nc2ncnc(N[C@H](C)c3cccc(C(C)F)c3F)c2cc1C1(C(F)F)CC1. The zero-order valence-corrected chi connectivity index (χ0v) is 17.3. The van der Waals surface area contributed by atoms with Crippen LogP contribution in [0.3, 0.4) is 0 Å². The second-order valence-electron chi connectivity index (χ2n) is 7.83. The first kappa shape index (κ1) is 21.3. The van der Waals surface area contributed by atoms with Crippen molar-refractivity contribution in [3.8, 4) is 5.88 Å². The molecule has 1 saturated carbocycles. The van der Waals surface area contributed by atoms with E-state index in [0.717, 1.165) is 0 Å². The molecule has 1 aliphatic rings. The lowest BCUT2D eigenvalue weighted by atomic mass is 9.96. The molecule has 1 fully saturated rings. The molecule has 2 aromatic heterocycles. The fraction of sp³-hybridized carbons (Fsp3) is 0.409. The summed E-state index contributed by atoms with van der Waals surface area (Å²) in [6.45, 7) is 2.98. The van der Waals surface area contributed by atoms with Crippen LogP contribution in [-0.2, 0) is 5.41 Å². The normalized spacial score (nSPS) is 16.9. The molecule has 0 bridgehead atoms. The van der Waals surface area contributed by atoms with Gasteiger partial charge in [0, 0.05) is 16.7 Å². The van der Waals surface area contributed by atoms with E-state index in [2.05, 4.69) is 20.3 Å². The Balaban J connectivity index is 1.76. The molecule has 3 aromatic rings. The summed E-state index contributed by atoms with van der Waals surface area (Å²) in [5.41, 5.74) is -0.478.